The van der Waals surface area contributed by atoms with Crippen molar-refractivity contribution in [3.05, 3.63) is 0 Å². The van der Waals surface area contributed by atoms with Crippen molar-refractivity contribution < 1.29 is 9.90 Å². The molecule has 0 spiro atoms. The molecule has 0 atom stereocenters. The van der Waals surface area contributed by atoms with Crippen LogP contribution in [0.2, 0.25) is 0 Å². The number of hydrogen-bond acceptors (Lipinski definition) is 2. The molecule has 0 aliphatic carbocycles. The summed E-state index contributed by atoms with van der Waals surface area (Å²) < 4.78 is 0. The van der Waals surface area contributed by atoms with Crippen LogP contribution in [-0.4, -0.2) is 17.6 Å². The van der Waals surface area contributed by atoms with E-state index in [0.717, 1.165) is 25.7 Å². The normalized spacial score (nSPS) is 10.4. The minimum absolute atomic E-state index is 0.187. The van der Waals surface area contributed by atoms with Gasteiger partial charge in [-0.2, -0.15) is 0 Å². The molecule has 0 aromatic rings. The second-order valence-corrected chi connectivity index (χ2v) is 3.77. The quantitative estimate of drug-likeness (QED) is 0.531. The number of carbonyl (C=O) groups excluding carboxylic acids is 1. The third-order valence-corrected chi connectivity index (χ3v) is 2.33. The molecule has 0 radical (unpaired) electrons. The van der Waals surface area contributed by atoms with Crippen LogP contribution in [0.15, 0.2) is 0 Å². The largest absolute Gasteiger partial charge is 0.396 e. The Morgan fingerprint density at radius 3 is 1.71 bits per heavy atom. The molecule has 84 valence electrons. The standard InChI is InChI=1S/C11H23NO2/c12-11(14)9-7-5-3-1-2-4-6-8-10-13/h13H,1-10H2,(H2,12,14). The van der Waals surface area contributed by atoms with Crippen LogP contribution >= 0.6 is 0 Å². The summed E-state index contributed by atoms with van der Waals surface area (Å²) in [4.78, 5) is 10.4. The average molecular weight is 201 g/mol. The summed E-state index contributed by atoms with van der Waals surface area (Å²) in [6.07, 6.45) is 9.56. The van der Waals surface area contributed by atoms with E-state index in [4.69, 9.17) is 10.8 Å². The van der Waals surface area contributed by atoms with Crippen LogP contribution in [0.25, 0.3) is 0 Å². The van der Waals surface area contributed by atoms with Gasteiger partial charge >= 0.3 is 0 Å². The minimum Gasteiger partial charge on any atom is -0.396 e. The number of hydrogen-bond donors (Lipinski definition) is 2. The topological polar surface area (TPSA) is 63.3 Å². The second kappa shape index (κ2) is 10.5. The van der Waals surface area contributed by atoms with Gasteiger partial charge in [0.05, 0.1) is 0 Å². The molecular formula is C11H23NO2. The van der Waals surface area contributed by atoms with Crippen LogP contribution in [-0.2, 0) is 4.79 Å². The number of aliphatic hydroxyl groups excluding tert-OH is 1. The summed E-state index contributed by atoms with van der Waals surface area (Å²) in [7, 11) is 0. The average Bonchev–Trinajstić information content (AvgIpc) is 2.15. The number of primary amides is 1. The van der Waals surface area contributed by atoms with Gasteiger partial charge in [0.15, 0.2) is 0 Å². The van der Waals surface area contributed by atoms with E-state index in [2.05, 4.69) is 0 Å². The Balaban J connectivity index is 2.88. The molecule has 1 amide bonds. The lowest BCUT2D eigenvalue weighted by atomic mass is 10.1. The maximum absolute atomic E-state index is 10.4. The van der Waals surface area contributed by atoms with Crippen LogP contribution in [0.1, 0.15) is 57.8 Å². The van der Waals surface area contributed by atoms with E-state index in [1.54, 1.807) is 0 Å². The Morgan fingerprint density at radius 2 is 1.29 bits per heavy atom. The van der Waals surface area contributed by atoms with Gasteiger partial charge in [0, 0.05) is 13.0 Å². The molecule has 0 aliphatic heterocycles. The molecule has 0 unspecified atom stereocenters. The van der Waals surface area contributed by atoms with Gasteiger partial charge in [-0.05, 0) is 12.8 Å². The zero-order valence-corrected chi connectivity index (χ0v) is 9.00. The number of amides is 1. The molecule has 3 nitrogen and oxygen atoms in total. The van der Waals surface area contributed by atoms with Crippen molar-refractivity contribution in [1.82, 2.24) is 0 Å². The van der Waals surface area contributed by atoms with E-state index in [1.807, 2.05) is 0 Å². The van der Waals surface area contributed by atoms with Crippen molar-refractivity contribution in [3.63, 3.8) is 0 Å². The van der Waals surface area contributed by atoms with Crippen molar-refractivity contribution in [2.24, 2.45) is 5.73 Å². The predicted molar refractivity (Wildman–Crippen MR) is 57.8 cm³/mol. The van der Waals surface area contributed by atoms with Crippen molar-refractivity contribution in [3.8, 4) is 0 Å². The summed E-state index contributed by atoms with van der Waals surface area (Å²) in [6.45, 7) is 0.318. The van der Waals surface area contributed by atoms with Gasteiger partial charge in [0.1, 0.15) is 0 Å². The summed E-state index contributed by atoms with van der Waals surface area (Å²) >= 11 is 0. The van der Waals surface area contributed by atoms with Gasteiger partial charge in [-0.25, -0.2) is 0 Å². The fourth-order valence-corrected chi connectivity index (χ4v) is 1.47. The van der Waals surface area contributed by atoms with Gasteiger partial charge < -0.3 is 10.8 Å². The third kappa shape index (κ3) is 11.4. The van der Waals surface area contributed by atoms with Gasteiger partial charge in [-0.15, -0.1) is 0 Å². The van der Waals surface area contributed by atoms with Crippen molar-refractivity contribution in [1.29, 1.82) is 0 Å². The van der Waals surface area contributed by atoms with Crippen LogP contribution in [0.3, 0.4) is 0 Å². The molecule has 3 N–H and O–H groups in total. The SMILES string of the molecule is NC(=O)CCCCCCCCCCO. The molecule has 3 heteroatoms. The lowest BCUT2D eigenvalue weighted by Crippen LogP contribution is -2.09. The Hall–Kier alpha value is -0.570. The first-order valence-corrected chi connectivity index (χ1v) is 5.66. The summed E-state index contributed by atoms with van der Waals surface area (Å²) in [5, 5.41) is 8.55. The number of rotatable bonds is 10. The highest BCUT2D eigenvalue weighted by Crippen LogP contribution is 2.09. The first-order valence-electron chi connectivity index (χ1n) is 5.66. The highest BCUT2D eigenvalue weighted by Gasteiger charge is 1.94. The zero-order chi connectivity index (χ0) is 10.6. The Bertz CT molecular complexity index is 137. The molecule has 0 fully saturated rings. The fourth-order valence-electron chi connectivity index (χ4n) is 1.47. The molecule has 0 bridgehead atoms. The molecular weight excluding hydrogens is 178 g/mol. The highest BCUT2D eigenvalue weighted by molar-refractivity contribution is 5.73. The van der Waals surface area contributed by atoms with Crippen LogP contribution in [0.5, 0.6) is 0 Å². The van der Waals surface area contributed by atoms with Crippen LogP contribution in [0.4, 0.5) is 0 Å². The van der Waals surface area contributed by atoms with E-state index >= 15 is 0 Å². The maximum Gasteiger partial charge on any atom is 0.217 e. The lowest BCUT2D eigenvalue weighted by Gasteiger charge is -2.00. The van der Waals surface area contributed by atoms with Gasteiger partial charge in [-0.1, -0.05) is 38.5 Å². The third-order valence-electron chi connectivity index (χ3n) is 2.33. The van der Waals surface area contributed by atoms with Crippen LogP contribution in [0, 0.1) is 0 Å². The molecule has 0 aliphatic rings. The van der Waals surface area contributed by atoms with E-state index in [0.29, 0.717) is 13.0 Å². The number of aliphatic hydroxyl groups is 1. The van der Waals surface area contributed by atoms with E-state index in [1.165, 1.54) is 25.7 Å². The van der Waals surface area contributed by atoms with Gasteiger partial charge in [-0.3, -0.25) is 4.79 Å². The molecule has 0 aromatic carbocycles. The molecule has 0 heterocycles. The first-order chi connectivity index (χ1) is 6.77. The minimum atomic E-state index is -0.187. The summed E-state index contributed by atoms with van der Waals surface area (Å²) in [5.74, 6) is -0.187. The van der Waals surface area contributed by atoms with Crippen LogP contribution < -0.4 is 5.73 Å². The number of carbonyl (C=O) groups is 1. The molecule has 0 aromatic heterocycles. The van der Waals surface area contributed by atoms with E-state index in [9.17, 15) is 4.79 Å². The van der Waals surface area contributed by atoms with Gasteiger partial charge in [0.2, 0.25) is 5.91 Å². The smallest absolute Gasteiger partial charge is 0.217 e. The number of unbranched alkanes of at least 4 members (excludes halogenated alkanes) is 7. The predicted octanol–water partition coefficient (Wildman–Crippen LogP) is 1.97. The van der Waals surface area contributed by atoms with Crippen molar-refractivity contribution >= 4 is 5.91 Å². The molecule has 0 saturated carbocycles. The lowest BCUT2D eigenvalue weighted by molar-refractivity contribution is -0.118. The summed E-state index contributed by atoms with van der Waals surface area (Å²) in [6, 6.07) is 0. The van der Waals surface area contributed by atoms with E-state index in [-0.39, 0.29) is 5.91 Å². The fraction of sp³-hybridized carbons (Fsp3) is 0.909. The molecule has 0 rings (SSSR count). The van der Waals surface area contributed by atoms with Crippen molar-refractivity contribution in [2.45, 2.75) is 57.8 Å². The second-order valence-electron chi connectivity index (χ2n) is 3.77. The first kappa shape index (κ1) is 13.4. The maximum atomic E-state index is 10.4. The van der Waals surface area contributed by atoms with Gasteiger partial charge in [0.25, 0.3) is 0 Å². The monoisotopic (exact) mass is 201 g/mol. The Morgan fingerprint density at radius 1 is 0.857 bits per heavy atom. The molecule has 0 saturated heterocycles. The van der Waals surface area contributed by atoms with E-state index < -0.39 is 0 Å². The Labute approximate surface area is 86.7 Å². The summed E-state index contributed by atoms with van der Waals surface area (Å²) in [5.41, 5.74) is 5.03. The highest BCUT2D eigenvalue weighted by atomic mass is 16.2. The number of nitrogens with two attached hydrogens (primary N) is 1. The Kier molecular flexibility index (Phi) is 10.1. The molecule has 14 heavy (non-hydrogen) atoms. The zero-order valence-electron chi connectivity index (χ0n) is 9.00. The van der Waals surface area contributed by atoms with Crippen molar-refractivity contribution in [2.75, 3.05) is 6.61 Å².